The van der Waals surface area contributed by atoms with Gasteiger partial charge >= 0.3 is 0 Å². The fourth-order valence-electron chi connectivity index (χ4n) is 2.63. The summed E-state index contributed by atoms with van der Waals surface area (Å²) in [6.45, 7) is 14.9. The summed E-state index contributed by atoms with van der Waals surface area (Å²) in [4.78, 5) is 16.3. The van der Waals surface area contributed by atoms with Crippen molar-refractivity contribution in [3.05, 3.63) is 17.0 Å². The third-order valence-corrected chi connectivity index (χ3v) is 3.79. The summed E-state index contributed by atoms with van der Waals surface area (Å²) in [6, 6.07) is 0.171. The Balaban J connectivity index is 0.00000625. The number of aliphatic imine (C=N–C) groups is 1. The van der Waals surface area contributed by atoms with Crippen molar-refractivity contribution in [3.63, 3.8) is 0 Å². The minimum atomic E-state index is -0.249. The van der Waals surface area contributed by atoms with E-state index >= 15 is 0 Å². The van der Waals surface area contributed by atoms with E-state index < -0.39 is 0 Å². The van der Waals surface area contributed by atoms with Crippen LogP contribution in [-0.4, -0.2) is 46.3 Å². The maximum Gasteiger partial charge on any atom is 0.242 e. The lowest BCUT2D eigenvalue weighted by molar-refractivity contribution is -0.121. The molecule has 0 fully saturated rings. The fraction of sp³-hybridized carbons (Fsp3) is 0.722. The number of carbonyl (C=O) groups is 1. The zero-order valence-electron chi connectivity index (χ0n) is 17.4. The van der Waals surface area contributed by atoms with Crippen LogP contribution in [-0.2, 0) is 18.3 Å². The van der Waals surface area contributed by atoms with E-state index in [1.807, 2.05) is 46.3 Å². The van der Waals surface area contributed by atoms with Crippen molar-refractivity contribution in [3.8, 4) is 0 Å². The Hall–Kier alpha value is -1.32. The van der Waals surface area contributed by atoms with Gasteiger partial charge in [-0.15, -0.1) is 24.0 Å². The van der Waals surface area contributed by atoms with E-state index in [1.165, 1.54) is 11.3 Å². The number of guanidine groups is 1. The number of aryl methyl sites for hydroxylation is 2. The van der Waals surface area contributed by atoms with Gasteiger partial charge in [0.05, 0.1) is 5.69 Å². The summed E-state index contributed by atoms with van der Waals surface area (Å²) in [5.41, 5.74) is 3.24. The van der Waals surface area contributed by atoms with Gasteiger partial charge in [0.15, 0.2) is 5.96 Å². The minimum Gasteiger partial charge on any atom is -0.357 e. The van der Waals surface area contributed by atoms with Gasteiger partial charge in [0.1, 0.15) is 6.54 Å². The summed E-state index contributed by atoms with van der Waals surface area (Å²) in [5.74, 6) is 0.564. The van der Waals surface area contributed by atoms with Gasteiger partial charge in [0, 0.05) is 30.9 Å². The minimum absolute atomic E-state index is 0. The largest absolute Gasteiger partial charge is 0.357 e. The lowest BCUT2D eigenvalue weighted by atomic mass is 10.1. The Labute approximate surface area is 174 Å². The Kier molecular flexibility index (Phi) is 10.2. The Bertz CT molecular complexity index is 618. The van der Waals surface area contributed by atoms with Gasteiger partial charge in [-0.25, -0.2) is 4.99 Å². The molecule has 1 atom stereocenters. The van der Waals surface area contributed by atoms with Crippen LogP contribution in [0.3, 0.4) is 0 Å². The number of amides is 1. The zero-order valence-corrected chi connectivity index (χ0v) is 19.7. The predicted octanol–water partition coefficient (Wildman–Crippen LogP) is 2.06. The van der Waals surface area contributed by atoms with Crippen molar-refractivity contribution in [1.29, 1.82) is 0 Å². The van der Waals surface area contributed by atoms with E-state index in [0.717, 1.165) is 18.7 Å². The van der Waals surface area contributed by atoms with E-state index in [4.69, 9.17) is 0 Å². The molecule has 0 saturated heterocycles. The van der Waals surface area contributed by atoms with Crippen molar-refractivity contribution in [2.45, 2.75) is 66.5 Å². The van der Waals surface area contributed by atoms with Crippen molar-refractivity contribution >= 4 is 35.8 Å². The van der Waals surface area contributed by atoms with Crippen molar-refractivity contribution in [2.24, 2.45) is 12.0 Å². The molecule has 1 amide bonds. The number of carbonyl (C=O) groups excluding carboxylic acids is 1. The highest BCUT2D eigenvalue weighted by molar-refractivity contribution is 14.0. The molecule has 26 heavy (non-hydrogen) atoms. The molecule has 150 valence electrons. The molecular formula is C18H35IN6O. The smallest absolute Gasteiger partial charge is 0.242 e. The number of nitrogens with one attached hydrogen (secondary N) is 3. The third kappa shape index (κ3) is 8.37. The monoisotopic (exact) mass is 478 g/mol. The van der Waals surface area contributed by atoms with E-state index in [9.17, 15) is 4.79 Å². The SMILES string of the molecule is CCNC(=NCC(=O)NC(C)(C)C)NC(C)Cc1c(C)nn(C)c1C.I. The molecule has 3 N–H and O–H groups in total. The van der Waals surface area contributed by atoms with E-state index in [2.05, 4.69) is 39.9 Å². The lowest BCUT2D eigenvalue weighted by Gasteiger charge is -2.21. The third-order valence-electron chi connectivity index (χ3n) is 3.79. The van der Waals surface area contributed by atoms with Crippen LogP contribution in [0.25, 0.3) is 0 Å². The summed E-state index contributed by atoms with van der Waals surface area (Å²) >= 11 is 0. The molecular weight excluding hydrogens is 443 g/mol. The molecule has 1 aromatic rings. The summed E-state index contributed by atoms with van der Waals surface area (Å²) in [5, 5.41) is 13.9. The lowest BCUT2D eigenvalue weighted by Crippen LogP contribution is -2.45. The second-order valence-electron chi connectivity index (χ2n) is 7.52. The first-order chi connectivity index (χ1) is 11.5. The summed E-state index contributed by atoms with van der Waals surface area (Å²) < 4.78 is 1.91. The topological polar surface area (TPSA) is 83.3 Å². The van der Waals surface area contributed by atoms with E-state index in [1.54, 1.807) is 0 Å². The predicted molar refractivity (Wildman–Crippen MR) is 118 cm³/mol. The van der Waals surface area contributed by atoms with Crippen molar-refractivity contribution in [2.75, 3.05) is 13.1 Å². The zero-order chi connectivity index (χ0) is 19.2. The van der Waals surface area contributed by atoms with Crippen LogP contribution in [0.4, 0.5) is 0 Å². The molecule has 1 rings (SSSR count). The quantitative estimate of drug-likeness (QED) is 0.332. The second kappa shape index (κ2) is 10.7. The molecule has 7 nitrogen and oxygen atoms in total. The maximum absolute atomic E-state index is 12.0. The van der Waals surface area contributed by atoms with Crippen LogP contribution in [0.15, 0.2) is 4.99 Å². The van der Waals surface area contributed by atoms with E-state index in [0.29, 0.717) is 5.96 Å². The van der Waals surface area contributed by atoms with Crippen LogP contribution in [0.5, 0.6) is 0 Å². The van der Waals surface area contributed by atoms with Gasteiger partial charge in [0.2, 0.25) is 5.91 Å². The average Bonchev–Trinajstić information content (AvgIpc) is 2.70. The molecule has 1 aromatic heterocycles. The van der Waals surface area contributed by atoms with E-state index in [-0.39, 0.29) is 48.0 Å². The van der Waals surface area contributed by atoms with Crippen LogP contribution >= 0.6 is 24.0 Å². The highest BCUT2D eigenvalue weighted by Crippen LogP contribution is 2.14. The number of aromatic nitrogens is 2. The van der Waals surface area contributed by atoms with Gasteiger partial charge in [0.25, 0.3) is 0 Å². The molecule has 8 heteroatoms. The summed E-state index contributed by atoms with van der Waals surface area (Å²) in [7, 11) is 1.96. The number of nitrogens with zero attached hydrogens (tertiary/aromatic N) is 3. The number of hydrogen-bond acceptors (Lipinski definition) is 3. The van der Waals surface area contributed by atoms with Gasteiger partial charge in [-0.05, 0) is 60.5 Å². The standard InChI is InChI=1S/C18H34N6O.HI/c1-9-19-17(20-11-16(25)22-18(5,6)7)21-12(2)10-15-13(3)23-24(8)14(15)4;/h12H,9-11H2,1-8H3,(H,22,25)(H2,19,20,21);1H. The molecule has 0 saturated carbocycles. The van der Waals surface area contributed by atoms with Crippen LogP contribution in [0.2, 0.25) is 0 Å². The molecule has 0 radical (unpaired) electrons. The second-order valence-corrected chi connectivity index (χ2v) is 7.52. The molecule has 0 bridgehead atoms. The average molecular weight is 478 g/mol. The molecule has 0 aliphatic rings. The van der Waals surface area contributed by atoms with Gasteiger partial charge in [-0.3, -0.25) is 9.48 Å². The Morgan fingerprint density at radius 1 is 1.31 bits per heavy atom. The normalized spacial score (nSPS) is 13.0. The van der Waals surface area contributed by atoms with Crippen molar-refractivity contribution in [1.82, 2.24) is 25.7 Å². The fourth-order valence-corrected chi connectivity index (χ4v) is 2.63. The van der Waals surface area contributed by atoms with Gasteiger partial charge in [-0.1, -0.05) is 0 Å². The highest BCUT2D eigenvalue weighted by atomic mass is 127. The number of rotatable bonds is 6. The molecule has 0 aliphatic carbocycles. The Morgan fingerprint density at radius 2 is 1.92 bits per heavy atom. The first-order valence-corrected chi connectivity index (χ1v) is 8.88. The van der Waals surface area contributed by atoms with Crippen LogP contribution in [0.1, 0.15) is 51.6 Å². The maximum atomic E-state index is 12.0. The first kappa shape index (κ1) is 24.7. The van der Waals surface area contributed by atoms with Crippen LogP contribution < -0.4 is 16.0 Å². The van der Waals surface area contributed by atoms with Crippen molar-refractivity contribution < 1.29 is 4.79 Å². The highest BCUT2D eigenvalue weighted by Gasteiger charge is 2.15. The molecule has 1 unspecified atom stereocenters. The molecule has 1 heterocycles. The number of halogens is 1. The van der Waals surface area contributed by atoms with Gasteiger partial charge < -0.3 is 16.0 Å². The first-order valence-electron chi connectivity index (χ1n) is 8.88. The van der Waals surface area contributed by atoms with Gasteiger partial charge in [-0.2, -0.15) is 5.10 Å². The molecule has 0 spiro atoms. The molecule has 0 aliphatic heterocycles. The molecule has 0 aromatic carbocycles. The summed E-state index contributed by atoms with van der Waals surface area (Å²) in [6.07, 6.45) is 0.851. The van der Waals surface area contributed by atoms with Crippen LogP contribution in [0, 0.1) is 13.8 Å². The Morgan fingerprint density at radius 3 is 2.38 bits per heavy atom. The number of hydrogen-bond donors (Lipinski definition) is 3.